The van der Waals surface area contributed by atoms with Crippen molar-refractivity contribution in [1.82, 2.24) is 20.5 Å². The molecule has 0 aromatic carbocycles. The van der Waals surface area contributed by atoms with Gasteiger partial charge in [-0.25, -0.2) is 14.8 Å². The minimum atomic E-state index is -0.482. The van der Waals surface area contributed by atoms with Gasteiger partial charge >= 0.3 is 6.09 Å². The molecular formula is C17H29N5O2S. The van der Waals surface area contributed by atoms with Crippen LogP contribution in [0.1, 0.15) is 44.0 Å². The van der Waals surface area contributed by atoms with Crippen LogP contribution >= 0.6 is 11.3 Å². The number of aliphatic imine (C=N–C) groups is 1. The maximum atomic E-state index is 11.9. The van der Waals surface area contributed by atoms with E-state index in [0.29, 0.717) is 6.54 Å². The number of rotatable bonds is 4. The zero-order chi connectivity index (χ0) is 18.4. The summed E-state index contributed by atoms with van der Waals surface area (Å²) < 4.78 is 5.33. The average molecular weight is 368 g/mol. The van der Waals surface area contributed by atoms with Gasteiger partial charge in [0.15, 0.2) is 5.96 Å². The second-order valence-corrected chi connectivity index (χ2v) is 8.43. The third-order valence-corrected chi connectivity index (χ3v) is 4.47. The van der Waals surface area contributed by atoms with E-state index in [1.807, 2.05) is 33.9 Å². The van der Waals surface area contributed by atoms with E-state index in [4.69, 9.17) is 4.74 Å². The number of hydrogen-bond acceptors (Lipinski definition) is 5. The van der Waals surface area contributed by atoms with Crippen LogP contribution < -0.4 is 10.6 Å². The maximum Gasteiger partial charge on any atom is 0.407 e. The Morgan fingerprint density at radius 1 is 1.52 bits per heavy atom. The van der Waals surface area contributed by atoms with Crippen LogP contribution in [0.15, 0.2) is 11.2 Å². The summed E-state index contributed by atoms with van der Waals surface area (Å²) in [6.45, 7) is 12.6. The molecule has 0 spiro atoms. The summed E-state index contributed by atoms with van der Waals surface area (Å²) in [6, 6.07) is 0.0702. The molecule has 1 unspecified atom stereocenters. The second kappa shape index (κ2) is 8.51. The number of carbonyl (C=O) groups excluding carboxylic acids is 1. The van der Waals surface area contributed by atoms with Crippen molar-refractivity contribution in [2.24, 2.45) is 4.99 Å². The Hall–Kier alpha value is -1.83. The number of aromatic nitrogens is 1. The molecule has 1 aromatic heterocycles. The largest absolute Gasteiger partial charge is 0.444 e. The molecule has 1 fully saturated rings. The second-order valence-electron chi connectivity index (χ2n) is 7.11. The number of alkyl carbamates (subject to hydrolysis) is 1. The van der Waals surface area contributed by atoms with Crippen LogP contribution in [-0.2, 0) is 11.3 Å². The molecule has 0 bridgehead atoms. The third-order valence-electron chi connectivity index (χ3n) is 3.58. The van der Waals surface area contributed by atoms with E-state index in [0.717, 1.165) is 37.0 Å². The number of guanidine groups is 1. The molecule has 0 aliphatic carbocycles. The zero-order valence-electron chi connectivity index (χ0n) is 15.8. The highest BCUT2D eigenvalue weighted by Gasteiger charge is 2.27. The molecule has 7 nitrogen and oxygen atoms in total. The number of nitrogens with one attached hydrogen (secondary N) is 2. The van der Waals surface area contributed by atoms with Gasteiger partial charge < -0.3 is 20.3 Å². The molecule has 1 atom stereocenters. The van der Waals surface area contributed by atoms with Gasteiger partial charge in [0.05, 0.1) is 12.6 Å². The summed E-state index contributed by atoms with van der Waals surface area (Å²) in [6.07, 6.45) is 2.39. The molecule has 25 heavy (non-hydrogen) atoms. The van der Waals surface area contributed by atoms with E-state index in [2.05, 4.69) is 32.4 Å². The van der Waals surface area contributed by atoms with Crippen molar-refractivity contribution in [1.29, 1.82) is 0 Å². The number of likely N-dealkylation sites (tertiary alicyclic amines) is 1. The van der Waals surface area contributed by atoms with Crippen molar-refractivity contribution in [2.45, 2.75) is 59.2 Å². The van der Waals surface area contributed by atoms with Crippen LogP contribution in [-0.4, -0.2) is 53.2 Å². The Labute approximate surface area is 153 Å². The quantitative estimate of drug-likeness (QED) is 0.631. The van der Waals surface area contributed by atoms with Gasteiger partial charge in [-0.15, -0.1) is 11.3 Å². The Morgan fingerprint density at radius 2 is 2.28 bits per heavy atom. The summed E-state index contributed by atoms with van der Waals surface area (Å²) >= 11 is 1.67. The topological polar surface area (TPSA) is 78.9 Å². The minimum absolute atomic E-state index is 0.0702. The first kappa shape index (κ1) is 19.5. The lowest BCUT2D eigenvalue weighted by atomic mass is 10.2. The Balaban J connectivity index is 1.90. The van der Waals surface area contributed by atoms with Crippen molar-refractivity contribution in [3.63, 3.8) is 0 Å². The highest BCUT2D eigenvalue weighted by atomic mass is 32.1. The highest BCUT2D eigenvalue weighted by molar-refractivity contribution is 7.11. The van der Waals surface area contributed by atoms with Crippen molar-refractivity contribution in [3.8, 4) is 0 Å². The lowest BCUT2D eigenvalue weighted by Crippen LogP contribution is -2.44. The van der Waals surface area contributed by atoms with Crippen LogP contribution in [0.25, 0.3) is 0 Å². The Bertz CT molecular complexity index is 608. The molecule has 0 saturated carbocycles. The van der Waals surface area contributed by atoms with Gasteiger partial charge in [-0.05, 0) is 41.0 Å². The van der Waals surface area contributed by atoms with E-state index < -0.39 is 5.60 Å². The van der Waals surface area contributed by atoms with Gasteiger partial charge in [0.25, 0.3) is 0 Å². The molecule has 1 aliphatic heterocycles. The van der Waals surface area contributed by atoms with Gasteiger partial charge in [0, 0.05) is 30.7 Å². The zero-order valence-corrected chi connectivity index (χ0v) is 16.6. The number of nitrogens with zero attached hydrogens (tertiary/aromatic N) is 3. The van der Waals surface area contributed by atoms with E-state index >= 15 is 0 Å². The number of thiazole rings is 1. The van der Waals surface area contributed by atoms with Gasteiger partial charge in [0.2, 0.25) is 0 Å². The fourth-order valence-electron chi connectivity index (χ4n) is 2.59. The van der Waals surface area contributed by atoms with E-state index in [9.17, 15) is 4.79 Å². The van der Waals surface area contributed by atoms with Crippen LogP contribution in [0.3, 0.4) is 0 Å². The summed E-state index contributed by atoms with van der Waals surface area (Å²) in [5.41, 5.74) is -0.482. The molecule has 8 heteroatoms. The smallest absolute Gasteiger partial charge is 0.407 e. The predicted molar refractivity (Wildman–Crippen MR) is 101 cm³/mol. The fourth-order valence-corrected chi connectivity index (χ4v) is 3.30. The number of hydrogen-bond donors (Lipinski definition) is 2. The van der Waals surface area contributed by atoms with Crippen LogP contribution in [0.4, 0.5) is 4.79 Å². The normalized spacial score (nSPS) is 18.4. The summed E-state index contributed by atoms with van der Waals surface area (Å²) in [7, 11) is 0. The van der Waals surface area contributed by atoms with Gasteiger partial charge in [-0.3, -0.25) is 0 Å². The lowest BCUT2D eigenvalue weighted by molar-refractivity contribution is 0.0507. The van der Waals surface area contributed by atoms with Crippen molar-refractivity contribution >= 4 is 23.4 Å². The molecular weight excluding hydrogens is 338 g/mol. The summed E-state index contributed by atoms with van der Waals surface area (Å²) in [4.78, 5) is 24.3. The molecule has 2 heterocycles. The Kier molecular flexibility index (Phi) is 6.64. The van der Waals surface area contributed by atoms with Crippen LogP contribution in [0.5, 0.6) is 0 Å². The molecule has 2 N–H and O–H groups in total. The highest BCUT2D eigenvalue weighted by Crippen LogP contribution is 2.14. The number of ether oxygens (including phenoxy) is 1. The first-order valence-corrected chi connectivity index (χ1v) is 9.52. The standard InChI is InChI=1S/C17H29N5O2S/c1-6-18-15(20-10-14-19-9-12(2)25-14)22-8-7-13(11-22)21-16(23)24-17(3,4)5/h9,13H,6-8,10-11H2,1-5H3,(H,18,20)(H,21,23). The monoisotopic (exact) mass is 367 g/mol. The van der Waals surface area contributed by atoms with E-state index in [-0.39, 0.29) is 12.1 Å². The molecule has 1 amide bonds. The number of carbonyl (C=O) groups is 1. The summed E-state index contributed by atoms with van der Waals surface area (Å²) in [5, 5.41) is 7.28. The van der Waals surface area contributed by atoms with Gasteiger partial charge in [0.1, 0.15) is 10.6 Å². The molecule has 1 aromatic rings. The van der Waals surface area contributed by atoms with Crippen LogP contribution in [0, 0.1) is 6.92 Å². The van der Waals surface area contributed by atoms with Gasteiger partial charge in [-0.2, -0.15) is 0 Å². The third kappa shape index (κ3) is 6.53. The predicted octanol–water partition coefficient (Wildman–Crippen LogP) is 2.52. The number of amides is 1. The van der Waals surface area contributed by atoms with Crippen molar-refractivity contribution in [3.05, 3.63) is 16.1 Å². The molecule has 1 aliphatic rings. The van der Waals surface area contributed by atoms with Crippen LogP contribution in [0.2, 0.25) is 0 Å². The van der Waals surface area contributed by atoms with E-state index in [1.165, 1.54) is 4.88 Å². The number of aryl methyl sites for hydroxylation is 1. The van der Waals surface area contributed by atoms with E-state index in [1.54, 1.807) is 11.3 Å². The minimum Gasteiger partial charge on any atom is -0.444 e. The molecule has 2 rings (SSSR count). The average Bonchev–Trinajstić information content (AvgIpc) is 3.10. The molecule has 1 saturated heterocycles. The van der Waals surface area contributed by atoms with Gasteiger partial charge in [-0.1, -0.05) is 0 Å². The van der Waals surface area contributed by atoms with Crippen molar-refractivity contribution in [2.75, 3.05) is 19.6 Å². The first-order valence-electron chi connectivity index (χ1n) is 8.71. The fraction of sp³-hybridized carbons (Fsp3) is 0.706. The lowest BCUT2D eigenvalue weighted by Gasteiger charge is -2.23. The Morgan fingerprint density at radius 3 is 2.88 bits per heavy atom. The summed E-state index contributed by atoms with van der Waals surface area (Å²) in [5.74, 6) is 0.865. The molecule has 0 radical (unpaired) electrons. The maximum absolute atomic E-state index is 11.9. The van der Waals surface area contributed by atoms with Crippen molar-refractivity contribution < 1.29 is 9.53 Å². The SMILES string of the molecule is CCNC(=NCc1ncc(C)s1)N1CCC(NC(=O)OC(C)(C)C)C1. The first-order chi connectivity index (χ1) is 11.8. The molecule has 140 valence electrons.